The van der Waals surface area contributed by atoms with E-state index in [0.717, 1.165) is 0 Å². The molecule has 0 atom stereocenters. The van der Waals surface area contributed by atoms with Crippen LogP contribution >= 0.6 is 0 Å². The van der Waals surface area contributed by atoms with Crippen LogP contribution in [0.5, 0.6) is 0 Å². The number of aromatic amines is 2. The number of nitrogens with one attached hydrogen (secondary N) is 2. The molecule has 10 heavy (non-hydrogen) atoms. The number of hydrogen-bond donors (Lipinski definition) is 2. The van der Waals surface area contributed by atoms with Crippen molar-refractivity contribution in [1.82, 2.24) is 9.97 Å². The molecular weight excluding hydrogens is 143 g/mol. The van der Waals surface area contributed by atoms with Crippen molar-refractivity contribution in [2.75, 3.05) is 0 Å². The molecule has 48 valence electrons. The second-order valence-electron chi connectivity index (χ2n) is 1.75. The van der Waals surface area contributed by atoms with Gasteiger partial charge in [-0.25, -0.2) is 4.79 Å². The normalized spacial score (nSPS) is 8.50. The molecule has 4 nitrogen and oxygen atoms in total. The molecule has 0 aliphatic heterocycles. The van der Waals surface area contributed by atoms with E-state index in [9.17, 15) is 9.59 Å². The molecule has 0 spiro atoms. The average Bonchev–Trinajstić information content (AvgIpc) is 1.80. The first-order chi connectivity index (χ1) is 4.20. The molecular formula is C5H6N2NaO2+. The molecule has 0 saturated heterocycles. The Labute approximate surface area is 79.0 Å². The fraction of sp³-hybridized carbons (Fsp3) is 0.200. The topological polar surface area (TPSA) is 65.7 Å². The Hall–Kier alpha value is -0.320. The molecule has 1 aromatic rings. The summed E-state index contributed by atoms with van der Waals surface area (Å²) in [4.78, 5) is 25.3. The van der Waals surface area contributed by atoms with Crippen molar-refractivity contribution in [3.8, 4) is 0 Å². The maximum Gasteiger partial charge on any atom is 1.00 e. The van der Waals surface area contributed by atoms with Crippen LogP contribution in [0.15, 0.2) is 15.8 Å². The van der Waals surface area contributed by atoms with Crippen molar-refractivity contribution >= 4 is 0 Å². The van der Waals surface area contributed by atoms with Crippen molar-refractivity contribution < 1.29 is 29.6 Å². The van der Waals surface area contributed by atoms with Gasteiger partial charge >= 0.3 is 35.2 Å². The van der Waals surface area contributed by atoms with Gasteiger partial charge in [0.05, 0.1) is 0 Å². The van der Waals surface area contributed by atoms with Gasteiger partial charge in [0.1, 0.15) is 0 Å². The Morgan fingerprint density at radius 3 is 2.40 bits per heavy atom. The third kappa shape index (κ3) is 2.13. The van der Waals surface area contributed by atoms with E-state index in [1.165, 1.54) is 6.20 Å². The molecule has 0 fully saturated rings. The minimum Gasteiger partial charge on any atom is -0.314 e. The van der Waals surface area contributed by atoms with Gasteiger partial charge in [-0.15, -0.1) is 0 Å². The van der Waals surface area contributed by atoms with Crippen molar-refractivity contribution in [3.63, 3.8) is 0 Å². The fourth-order valence-electron chi connectivity index (χ4n) is 0.477. The number of rotatable bonds is 0. The first-order valence-electron chi connectivity index (χ1n) is 2.49. The van der Waals surface area contributed by atoms with Gasteiger partial charge in [0.25, 0.3) is 5.56 Å². The van der Waals surface area contributed by atoms with Crippen molar-refractivity contribution in [1.29, 1.82) is 0 Å². The molecule has 1 heterocycles. The van der Waals surface area contributed by atoms with Crippen LogP contribution in [-0.2, 0) is 0 Å². The summed E-state index contributed by atoms with van der Waals surface area (Å²) in [5.41, 5.74) is -0.293. The van der Waals surface area contributed by atoms with Gasteiger partial charge in [0.15, 0.2) is 0 Å². The SMILES string of the molecule is Cc1c[nH]c(=O)[nH]c1=O.[Na+]. The van der Waals surface area contributed by atoms with Crippen LogP contribution in [0.25, 0.3) is 0 Å². The maximum absolute atomic E-state index is 10.6. The zero-order valence-electron chi connectivity index (χ0n) is 5.89. The predicted octanol–water partition coefficient (Wildman–Crippen LogP) is -3.62. The van der Waals surface area contributed by atoms with Crippen molar-refractivity contribution in [3.05, 3.63) is 32.6 Å². The van der Waals surface area contributed by atoms with Crippen LogP contribution in [0.3, 0.4) is 0 Å². The largest absolute Gasteiger partial charge is 1.00 e. The second kappa shape index (κ2) is 3.75. The third-order valence-corrected chi connectivity index (χ3v) is 1.00. The molecule has 5 heteroatoms. The van der Waals surface area contributed by atoms with Gasteiger partial charge in [-0.1, -0.05) is 0 Å². The zero-order valence-corrected chi connectivity index (χ0v) is 7.89. The summed E-state index contributed by atoms with van der Waals surface area (Å²) in [7, 11) is 0. The minimum absolute atomic E-state index is 0. The van der Waals surface area contributed by atoms with E-state index >= 15 is 0 Å². The maximum atomic E-state index is 10.6. The summed E-state index contributed by atoms with van der Waals surface area (Å²) in [6, 6.07) is 0. The van der Waals surface area contributed by atoms with E-state index in [1.54, 1.807) is 6.92 Å². The van der Waals surface area contributed by atoms with E-state index < -0.39 is 5.69 Å². The molecule has 0 amide bonds. The molecule has 0 radical (unpaired) electrons. The van der Waals surface area contributed by atoms with E-state index in [2.05, 4.69) is 9.97 Å². The second-order valence-corrected chi connectivity index (χ2v) is 1.75. The first kappa shape index (κ1) is 9.68. The molecule has 0 bridgehead atoms. The number of aryl methyl sites for hydroxylation is 1. The Morgan fingerprint density at radius 1 is 1.40 bits per heavy atom. The van der Waals surface area contributed by atoms with Gasteiger partial charge in [0.2, 0.25) is 0 Å². The summed E-state index contributed by atoms with van der Waals surface area (Å²) in [6.45, 7) is 1.62. The van der Waals surface area contributed by atoms with Gasteiger partial charge < -0.3 is 4.98 Å². The monoisotopic (exact) mass is 149 g/mol. The molecule has 0 aromatic carbocycles. The predicted molar refractivity (Wildman–Crippen MR) is 32.4 cm³/mol. The van der Waals surface area contributed by atoms with E-state index in [-0.39, 0.29) is 35.1 Å². The summed E-state index contributed by atoms with van der Waals surface area (Å²) >= 11 is 0. The molecule has 0 unspecified atom stereocenters. The quantitative estimate of drug-likeness (QED) is 0.374. The van der Waals surface area contributed by atoms with Crippen LogP contribution in [0.1, 0.15) is 5.56 Å². The van der Waals surface area contributed by atoms with Gasteiger partial charge in [-0.3, -0.25) is 9.78 Å². The van der Waals surface area contributed by atoms with E-state index in [1.807, 2.05) is 0 Å². The van der Waals surface area contributed by atoms with Gasteiger partial charge in [-0.05, 0) is 6.92 Å². The summed E-state index contributed by atoms with van der Waals surface area (Å²) in [6.07, 6.45) is 1.38. The third-order valence-electron chi connectivity index (χ3n) is 1.00. The standard InChI is InChI=1S/C5H6N2O2.Na/c1-3-2-6-5(9)7-4(3)8;/h2H,1H3,(H2,6,7,8,9);/q;+1. The van der Waals surface area contributed by atoms with Crippen LogP contribution < -0.4 is 40.8 Å². The molecule has 0 aliphatic rings. The Balaban J connectivity index is 0.000000810. The van der Waals surface area contributed by atoms with E-state index in [4.69, 9.17) is 0 Å². The Bertz CT molecular complexity index is 314. The van der Waals surface area contributed by atoms with E-state index in [0.29, 0.717) is 5.56 Å². The first-order valence-corrected chi connectivity index (χ1v) is 2.49. The smallest absolute Gasteiger partial charge is 0.314 e. The summed E-state index contributed by atoms with van der Waals surface area (Å²) in [5.74, 6) is 0. The number of H-pyrrole nitrogens is 2. The number of hydrogen-bond acceptors (Lipinski definition) is 2. The Kier molecular flexibility index (Phi) is 3.63. The van der Waals surface area contributed by atoms with Gasteiger partial charge in [0, 0.05) is 11.8 Å². The molecule has 1 rings (SSSR count). The number of aromatic nitrogens is 2. The van der Waals surface area contributed by atoms with Crippen LogP contribution in [0.4, 0.5) is 0 Å². The Morgan fingerprint density at radius 2 is 2.00 bits per heavy atom. The van der Waals surface area contributed by atoms with Gasteiger partial charge in [-0.2, -0.15) is 0 Å². The molecule has 2 N–H and O–H groups in total. The van der Waals surface area contributed by atoms with Crippen LogP contribution in [0, 0.1) is 6.92 Å². The molecule has 1 aromatic heterocycles. The van der Waals surface area contributed by atoms with Crippen molar-refractivity contribution in [2.24, 2.45) is 0 Å². The molecule has 0 saturated carbocycles. The van der Waals surface area contributed by atoms with Crippen LogP contribution in [-0.4, -0.2) is 9.97 Å². The van der Waals surface area contributed by atoms with Crippen LogP contribution in [0.2, 0.25) is 0 Å². The molecule has 0 aliphatic carbocycles. The zero-order chi connectivity index (χ0) is 6.85. The average molecular weight is 149 g/mol. The van der Waals surface area contributed by atoms with Crippen molar-refractivity contribution in [2.45, 2.75) is 6.92 Å². The summed E-state index contributed by atoms with van der Waals surface area (Å²) in [5, 5.41) is 0. The summed E-state index contributed by atoms with van der Waals surface area (Å²) < 4.78 is 0. The minimum atomic E-state index is -0.467. The fourth-order valence-corrected chi connectivity index (χ4v) is 0.477.